The van der Waals surface area contributed by atoms with Gasteiger partial charge in [0.25, 0.3) is 5.56 Å². The number of fused-ring (bicyclic) bond motifs is 1. The minimum absolute atomic E-state index is 0.126. The molecule has 0 atom stereocenters. The molecule has 2 aromatic heterocycles. The Morgan fingerprint density at radius 2 is 1.90 bits per heavy atom. The van der Waals surface area contributed by atoms with Crippen molar-refractivity contribution in [2.24, 2.45) is 0 Å². The summed E-state index contributed by atoms with van der Waals surface area (Å²) in [6, 6.07) is 10.0. The summed E-state index contributed by atoms with van der Waals surface area (Å²) in [4.78, 5) is 12.5. The van der Waals surface area contributed by atoms with E-state index in [-0.39, 0.29) is 5.56 Å². The van der Waals surface area contributed by atoms with Crippen LogP contribution in [0.1, 0.15) is 18.2 Å². The molecule has 0 saturated heterocycles. The van der Waals surface area contributed by atoms with Crippen LogP contribution in [0.2, 0.25) is 0 Å². The highest BCUT2D eigenvalue weighted by atomic mass is 16.1. The molecule has 1 aromatic carbocycles. The lowest BCUT2D eigenvalue weighted by molar-refractivity contribution is 0.545. The predicted octanol–water partition coefficient (Wildman–Crippen LogP) is 1.56. The molecule has 3 rings (SSSR count). The van der Waals surface area contributed by atoms with Gasteiger partial charge in [0.2, 0.25) is 0 Å². The van der Waals surface area contributed by atoms with Gasteiger partial charge >= 0.3 is 0 Å². The third kappa shape index (κ3) is 2.44. The van der Waals surface area contributed by atoms with Crippen molar-refractivity contribution in [2.75, 3.05) is 0 Å². The normalized spacial score (nSPS) is 11.1. The molecule has 6 heteroatoms. The van der Waals surface area contributed by atoms with Crippen molar-refractivity contribution >= 4 is 11.0 Å². The molecule has 0 aliphatic carbocycles. The Hall–Kier alpha value is -2.50. The number of aryl methyl sites for hydroxylation is 4. The highest BCUT2D eigenvalue weighted by Crippen LogP contribution is 2.10. The van der Waals surface area contributed by atoms with Crippen molar-refractivity contribution in [1.29, 1.82) is 0 Å². The molecule has 0 N–H and O–H groups in total. The van der Waals surface area contributed by atoms with Gasteiger partial charge in [-0.25, -0.2) is 4.68 Å². The van der Waals surface area contributed by atoms with Crippen LogP contribution in [0.15, 0.2) is 35.1 Å². The molecular formula is C15H17N5O. The van der Waals surface area contributed by atoms with Gasteiger partial charge in [-0.1, -0.05) is 35.5 Å². The first kappa shape index (κ1) is 13.5. The van der Waals surface area contributed by atoms with Crippen LogP contribution in [-0.2, 0) is 19.5 Å². The maximum atomic E-state index is 12.5. The molecule has 0 radical (unpaired) electrons. The molecular weight excluding hydrogens is 266 g/mol. The smallest absolute Gasteiger partial charge is 0.265 e. The zero-order chi connectivity index (χ0) is 14.8. The van der Waals surface area contributed by atoms with Gasteiger partial charge in [0.15, 0.2) is 5.52 Å². The first-order valence-electron chi connectivity index (χ1n) is 7.05. The SMILES string of the molecule is CCn1nc(C)c2nnn(CCc3ccccc3)c(=O)c21. The second-order valence-electron chi connectivity index (χ2n) is 4.95. The van der Waals surface area contributed by atoms with Crippen LogP contribution in [0.3, 0.4) is 0 Å². The lowest BCUT2D eigenvalue weighted by Crippen LogP contribution is -2.26. The lowest BCUT2D eigenvalue weighted by Gasteiger charge is -2.04. The van der Waals surface area contributed by atoms with E-state index in [9.17, 15) is 4.79 Å². The van der Waals surface area contributed by atoms with Gasteiger partial charge in [0, 0.05) is 6.54 Å². The van der Waals surface area contributed by atoms with Gasteiger partial charge < -0.3 is 0 Å². The quantitative estimate of drug-likeness (QED) is 0.729. The number of rotatable bonds is 4. The molecule has 0 aliphatic rings. The fourth-order valence-electron chi connectivity index (χ4n) is 2.42. The molecule has 3 aromatic rings. The second kappa shape index (κ2) is 5.47. The number of aromatic nitrogens is 5. The second-order valence-corrected chi connectivity index (χ2v) is 4.95. The van der Waals surface area contributed by atoms with Crippen molar-refractivity contribution in [3.8, 4) is 0 Å². The highest BCUT2D eigenvalue weighted by molar-refractivity contribution is 5.75. The molecule has 2 heterocycles. The van der Waals surface area contributed by atoms with E-state index >= 15 is 0 Å². The zero-order valence-electron chi connectivity index (χ0n) is 12.2. The van der Waals surface area contributed by atoms with Crippen molar-refractivity contribution in [1.82, 2.24) is 24.8 Å². The minimum Gasteiger partial charge on any atom is -0.265 e. The van der Waals surface area contributed by atoms with Crippen molar-refractivity contribution in [2.45, 2.75) is 33.4 Å². The third-order valence-corrected chi connectivity index (χ3v) is 3.54. The molecule has 0 saturated carbocycles. The van der Waals surface area contributed by atoms with E-state index in [0.29, 0.717) is 24.1 Å². The van der Waals surface area contributed by atoms with Crippen LogP contribution >= 0.6 is 0 Å². The topological polar surface area (TPSA) is 65.6 Å². The van der Waals surface area contributed by atoms with Gasteiger partial charge in [-0.15, -0.1) is 5.10 Å². The summed E-state index contributed by atoms with van der Waals surface area (Å²) >= 11 is 0. The minimum atomic E-state index is -0.126. The molecule has 6 nitrogen and oxygen atoms in total. The van der Waals surface area contributed by atoms with E-state index in [1.807, 2.05) is 44.2 Å². The van der Waals surface area contributed by atoms with Crippen LogP contribution in [0.4, 0.5) is 0 Å². The van der Waals surface area contributed by atoms with E-state index in [2.05, 4.69) is 15.4 Å². The van der Waals surface area contributed by atoms with Gasteiger partial charge in [0.1, 0.15) is 5.52 Å². The Kier molecular flexibility index (Phi) is 3.51. The van der Waals surface area contributed by atoms with E-state index in [1.54, 1.807) is 4.68 Å². The maximum Gasteiger partial charge on any atom is 0.295 e. The molecule has 21 heavy (non-hydrogen) atoms. The summed E-state index contributed by atoms with van der Waals surface area (Å²) in [6.07, 6.45) is 0.750. The molecule has 0 fully saturated rings. The molecule has 0 spiro atoms. The van der Waals surface area contributed by atoms with Crippen LogP contribution in [0.5, 0.6) is 0 Å². The van der Waals surface area contributed by atoms with E-state index in [0.717, 1.165) is 12.1 Å². The Balaban J connectivity index is 1.97. The van der Waals surface area contributed by atoms with Crippen molar-refractivity contribution in [3.05, 3.63) is 51.9 Å². The van der Waals surface area contributed by atoms with Gasteiger partial charge in [-0.2, -0.15) is 5.10 Å². The fraction of sp³-hybridized carbons (Fsp3) is 0.333. The lowest BCUT2D eigenvalue weighted by atomic mass is 10.1. The van der Waals surface area contributed by atoms with Crippen molar-refractivity contribution in [3.63, 3.8) is 0 Å². The number of hydrogen-bond acceptors (Lipinski definition) is 4. The van der Waals surface area contributed by atoms with E-state index < -0.39 is 0 Å². The van der Waals surface area contributed by atoms with Gasteiger partial charge in [0.05, 0.1) is 12.2 Å². The number of nitrogens with zero attached hydrogens (tertiary/aromatic N) is 5. The van der Waals surface area contributed by atoms with Gasteiger partial charge in [-0.3, -0.25) is 9.48 Å². The fourth-order valence-corrected chi connectivity index (χ4v) is 2.42. The molecule has 0 bridgehead atoms. The van der Waals surface area contributed by atoms with Crippen molar-refractivity contribution < 1.29 is 0 Å². The number of hydrogen-bond donors (Lipinski definition) is 0. The third-order valence-electron chi connectivity index (χ3n) is 3.54. The average Bonchev–Trinajstić information content (AvgIpc) is 2.85. The van der Waals surface area contributed by atoms with Crippen LogP contribution in [-0.4, -0.2) is 24.8 Å². The highest BCUT2D eigenvalue weighted by Gasteiger charge is 2.14. The summed E-state index contributed by atoms with van der Waals surface area (Å²) in [5.41, 5.74) is 2.92. The number of benzene rings is 1. The maximum absolute atomic E-state index is 12.5. The largest absolute Gasteiger partial charge is 0.295 e. The monoisotopic (exact) mass is 283 g/mol. The first-order chi connectivity index (χ1) is 10.2. The Morgan fingerprint density at radius 1 is 1.14 bits per heavy atom. The Morgan fingerprint density at radius 3 is 2.62 bits per heavy atom. The van der Waals surface area contributed by atoms with E-state index in [1.165, 1.54) is 10.2 Å². The zero-order valence-corrected chi connectivity index (χ0v) is 12.2. The van der Waals surface area contributed by atoms with Crippen LogP contribution in [0, 0.1) is 6.92 Å². The summed E-state index contributed by atoms with van der Waals surface area (Å²) in [5.74, 6) is 0. The predicted molar refractivity (Wildman–Crippen MR) is 80.1 cm³/mol. The first-order valence-corrected chi connectivity index (χ1v) is 7.05. The van der Waals surface area contributed by atoms with Gasteiger partial charge in [-0.05, 0) is 25.8 Å². The van der Waals surface area contributed by atoms with Crippen LogP contribution < -0.4 is 5.56 Å². The average molecular weight is 283 g/mol. The summed E-state index contributed by atoms with van der Waals surface area (Å²) in [7, 11) is 0. The summed E-state index contributed by atoms with van der Waals surface area (Å²) in [6.45, 7) is 4.96. The summed E-state index contributed by atoms with van der Waals surface area (Å²) in [5, 5.41) is 12.5. The molecule has 0 aliphatic heterocycles. The molecule has 108 valence electrons. The Labute approximate surface area is 122 Å². The van der Waals surface area contributed by atoms with Crippen LogP contribution in [0.25, 0.3) is 11.0 Å². The molecule has 0 unspecified atom stereocenters. The Bertz CT molecular complexity index is 819. The summed E-state index contributed by atoms with van der Waals surface area (Å²) < 4.78 is 3.11. The standard InChI is InChI=1S/C15H17N5O/c1-3-19-14-13(11(2)17-19)16-18-20(15(14)21)10-9-12-7-5-4-6-8-12/h4-8H,3,9-10H2,1-2H3. The van der Waals surface area contributed by atoms with E-state index in [4.69, 9.17) is 0 Å². The molecule has 0 amide bonds.